The highest BCUT2D eigenvalue weighted by Gasteiger charge is 2.14. The fraction of sp³-hybridized carbons (Fsp3) is 0.583. The number of nitrogens with one attached hydrogen (secondary N) is 2. The van der Waals surface area contributed by atoms with Crippen molar-refractivity contribution in [3.63, 3.8) is 0 Å². The van der Waals surface area contributed by atoms with E-state index < -0.39 is 0 Å². The highest BCUT2D eigenvalue weighted by molar-refractivity contribution is 5.44. The highest BCUT2D eigenvalue weighted by Crippen LogP contribution is 2.14. The van der Waals surface area contributed by atoms with Crippen LogP contribution >= 0.6 is 0 Å². The number of aromatic nitrogens is 4. The molecule has 1 unspecified atom stereocenters. The number of nitrogens with zero attached hydrogens (tertiary/aromatic N) is 4. The number of aryl methyl sites for hydroxylation is 1. The molecule has 0 saturated carbocycles. The molecule has 2 aromatic rings. The van der Waals surface area contributed by atoms with Crippen LogP contribution in [-0.4, -0.2) is 39.2 Å². The summed E-state index contributed by atoms with van der Waals surface area (Å²) in [4.78, 5) is 8.44. The summed E-state index contributed by atoms with van der Waals surface area (Å²) in [6.07, 6.45) is 4.01. The van der Waals surface area contributed by atoms with Crippen molar-refractivity contribution >= 4 is 11.6 Å². The second-order valence-corrected chi connectivity index (χ2v) is 4.83. The van der Waals surface area contributed by atoms with Crippen molar-refractivity contribution in [1.82, 2.24) is 24.9 Å². The van der Waals surface area contributed by atoms with Crippen molar-refractivity contribution in [1.29, 1.82) is 0 Å². The van der Waals surface area contributed by atoms with Crippen LogP contribution in [0.4, 0.5) is 5.82 Å². The predicted octanol–water partition coefficient (Wildman–Crippen LogP) is 0.844. The molecule has 1 fully saturated rings. The van der Waals surface area contributed by atoms with Gasteiger partial charge >= 0.3 is 0 Å². The highest BCUT2D eigenvalue weighted by atomic mass is 15.3. The molecule has 2 aromatic heterocycles. The fourth-order valence-corrected chi connectivity index (χ4v) is 2.42. The molecular weight excluding hydrogens is 228 g/mol. The molecule has 1 saturated heterocycles. The Kier molecular flexibility index (Phi) is 3.10. The molecule has 0 amide bonds. The van der Waals surface area contributed by atoms with Crippen LogP contribution in [0.3, 0.4) is 0 Å². The molecule has 96 valence electrons. The summed E-state index contributed by atoms with van der Waals surface area (Å²) in [6, 6.07) is 2.01. The van der Waals surface area contributed by atoms with Gasteiger partial charge in [0.15, 0.2) is 0 Å². The molecule has 1 aliphatic heterocycles. The summed E-state index contributed by atoms with van der Waals surface area (Å²) in [5, 5.41) is 11.0. The van der Waals surface area contributed by atoms with Crippen molar-refractivity contribution < 1.29 is 0 Å². The van der Waals surface area contributed by atoms with Crippen LogP contribution in [0.15, 0.2) is 12.4 Å². The number of hydrogen-bond acceptors (Lipinski definition) is 5. The molecule has 3 heterocycles. The monoisotopic (exact) mass is 246 g/mol. The zero-order valence-corrected chi connectivity index (χ0v) is 10.6. The van der Waals surface area contributed by atoms with E-state index in [-0.39, 0.29) is 0 Å². The van der Waals surface area contributed by atoms with Crippen LogP contribution in [0, 0.1) is 12.8 Å². The maximum absolute atomic E-state index is 4.32. The quantitative estimate of drug-likeness (QED) is 0.837. The van der Waals surface area contributed by atoms with E-state index in [1.165, 1.54) is 19.2 Å². The van der Waals surface area contributed by atoms with Gasteiger partial charge in [0.25, 0.3) is 5.78 Å². The minimum atomic E-state index is 0.653. The molecule has 18 heavy (non-hydrogen) atoms. The van der Waals surface area contributed by atoms with E-state index >= 15 is 0 Å². The van der Waals surface area contributed by atoms with E-state index in [0.29, 0.717) is 5.78 Å². The van der Waals surface area contributed by atoms with Crippen LogP contribution in [-0.2, 0) is 0 Å². The summed E-state index contributed by atoms with van der Waals surface area (Å²) in [7, 11) is 0. The van der Waals surface area contributed by atoms with Gasteiger partial charge in [-0.3, -0.25) is 0 Å². The number of anilines is 1. The van der Waals surface area contributed by atoms with Crippen LogP contribution in [0.5, 0.6) is 0 Å². The lowest BCUT2D eigenvalue weighted by molar-refractivity contribution is 0.548. The Morgan fingerprint density at radius 2 is 2.50 bits per heavy atom. The summed E-state index contributed by atoms with van der Waals surface area (Å²) >= 11 is 0. The van der Waals surface area contributed by atoms with Gasteiger partial charge in [0.2, 0.25) is 0 Å². The zero-order valence-electron chi connectivity index (χ0n) is 10.6. The van der Waals surface area contributed by atoms with Crippen LogP contribution in [0.25, 0.3) is 5.78 Å². The lowest BCUT2D eigenvalue weighted by Gasteiger charge is -2.11. The minimum absolute atomic E-state index is 0.653. The normalized spacial score (nSPS) is 19.5. The second-order valence-electron chi connectivity index (χ2n) is 4.83. The number of hydrogen-bond donors (Lipinski definition) is 2. The molecule has 0 radical (unpaired) electrons. The van der Waals surface area contributed by atoms with Gasteiger partial charge < -0.3 is 10.6 Å². The second kappa shape index (κ2) is 4.89. The SMILES string of the molecule is Cc1cc(NCCC2CCNC2)n2ncnc2n1. The molecule has 0 bridgehead atoms. The largest absolute Gasteiger partial charge is 0.370 e. The van der Waals surface area contributed by atoms with Crippen molar-refractivity contribution in [3.05, 3.63) is 18.1 Å². The molecule has 6 heteroatoms. The maximum Gasteiger partial charge on any atom is 0.254 e. The van der Waals surface area contributed by atoms with Gasteiger partial charge in [-0.15, -0.1) is 0 Å². The first kappa shape index (κ1) is 11.4. The predicted molar refractivity (Wildman–Crippen MR) is 69.6 cm³/mol. The Hall–Kier alpha value is -1.69. The number of fused-ring (bicyclic) bond motifs is 1. The average Bonchev–Trinajstić information content (AvgIpc) is 2.98. The molecule has 2 N–H and O–H groups in total. The van der Waals surface area contributed by atoms with Gasteiger partial charge in [-0.1, -0.05) is 0 Å². The Morgan fingerprint density at radius 3 is 3.33 bits per heavy atom. The topological polar surface area (TPSA) is 67.1 Å². The molecule has 1 aliphatic rings. The summed E-state index contributed by atoms with van der Waals surface area (Å²) in [5.41, 5.74) is 0.959. The van der Waals surface area contributed by atoms with E-state index in [0.717, 1.165) is 37.1 Å². The molecule has 3 rings (SSSR count). The molecule has 1 atom stereocenters. The van der Waals surface area contributed by atoms with Gasteiger partial charge in [-0.05, 0) is 38.8 Å². The Balaban J connectivity index is 1.67. The van der Waals surface area contributed by atoms with Gasteiger partial charge in [0.05, 0.1) is 0 Å². The third kappa shape index (κ3) is 2.28. The van der Waals surface area contributed by atoms with Crippen LogP contribution in [0.1, 0.15) is 18.5 Å². The Morgan fingerprint density at radius 1 is 1.56 bits per heavy atom. The van der Waals surface area contributed by atoms with E-state index in [9.17, 15) is 0 Å². The van der Waals surface area contributed by atoms with Crippen molar-refractivity contribution in [2.45, 2.75) is 19.8 Å². The first-order valence-electron chi connectivity index (χ1n) is 6.45. The third-order valence-corrected chi connectivity index (χ3v) is 3.40. The number of rotatable bonds is 4. The van der Waals surface area contributed by atoms with Crippen molar-refractivity contribution in [2.75, 3.05) is 25.0 Å². The lowest BCUT2D eigenvalue weighted by atomic mass is 10.1. The van der Waals surface area contributed by atoms with Gasteiger partial charge in [-0.25, -0.2) is 4.98 Å². The van der Waals surface area contributed by atoms with Gasteiger partial charge in [0.1, 0.15) is 12.1 Å². The molecule has 0 spiro atoms. The zero-order chi connectivity index (χ0) is 12.4. The first-order chi connectivity index (χ1) is 8.83. The van der Waals surface area contributed by atoms with E-state index in [4.69, 9.17) is 0 Å². The van der Waals surface area contributed by atoms with Crippen molar-refractivity contribution in [2.24, 2.45) is 5.92 Å². The third-order valence-electron chi connectivity index (χ3n) is 3.40. The lowest BCUT2D eigenvalue weighted by Crippen LogP contribution is -2.14. The fourth-order valence-electron chi connectivity index (χ4n) is 2.42. The van der Waals surface area contributed by atoms with E-state index in [1.807, 2.05) is 13.0 Å². The maximum atomic E-state index is 4.32. The Labute approximate surface area is 106 Å². The first-order valence-corrected chi connectivity index (χ1v) is 6.45. The summed E-state index contributed by atoms with van der Waals surface area (Å²) in [5.74, 6) is 2.42. The van der Waals surface area contributed by atoms with Gasteiger partial charge in [0, 0.05) is 18.3 Å². The molecule has 6 nitrogen and oxygen atoms in total. The summed E-state index contributed by atoms with van der Waals surface area (Å²) in [6.45, 7) is 5.24. The van der Waals surface area contributed by atoms with Gasteiger partial charge in [-0.2, -0.15) is 14.6 Å². The molecular formula is C12H18N6. The smallest absolute Gasteiger partial charge is 0.254 e. The van der Waals surface area contributed by atoms with E-state index in [1.54, 1.807) is 4.52 Å². The molecule has 0 aliphatic carbocycles. The minimum Gasteiger partial charge on any atom is -0.370 e. The Bertz CT molecular complexity index is 528. The summed E-state index contributed by atoms with van der Waals surface area (Å²) < 4.78 is 1.75. The van der Waals surface area contributed by atoms with Crippen LogP contribution < -0.4 is 10.6 Å². The van der Waals surface area contributed by atoms with E-state index in [2.05, 4.69) is 25.7 Å². The van der Waals surface area contributed by atoms with Crippen LogP contribution in [0.2, 0.25) is 0 Å². The van der Waals surface area contributed by atoms with Crippen molar-refractivity contribution in [3.8, 4) is 0 Å². The molecule has 0 aromatic carbocycles. The average molecular weight is 246 g/mol. The standard InChI is InChI=1S/C12H18N6/c1-9-6-11(18-12(17-9)15-8-16-18)14-5-3-10-2-4-13-7-10/h6,8,10,13-14H,2-5,7H2,1H3.